The van der Waals surface area contributed by atoms with Gasteiger partial charge in [-0.2, -0.15) is 0 Å². The Kier molecular flexibility index (Phi) is 5.23. The van der Waals surface area contributed by atoms with Crippen LogP contribution in [0.1, 0.15) is 58.8 Å². The molecule has 0 aromatic carbocycles. The van der Waals surface area contributed by atoms with Gasteiger partial charge in [0.05, 0.1) is 0 Å². The van der Waals surface area contributed by atoms with Gasteiger partial charge in [0, 0.05) is 44.8 Å². The molecule has 2 heterocycles. The summed E-state index contributed by atoms with van der Waals surface area (Å²) in [5, 5.41) is 3.79. The number of piperidine rings is 1. The van der Waals surface area contributed by atoms with Gasteiger partial charge in [0.2, 0.25) is 0 Å². The average Bonchev–Trinajstić information content (AvgIpc) is 3.30. The lowest BCUT2D eigenvalue weighted by Crippen LogP contribution is -2.57. The summed E-state index contributed by atoms with van der Waals surface area (Å²) in [5.41, 5.74) is 0.466. The molecular formula is C18H35N3. The molecule has 3 nitrogen and oxygen atoms in total. The van der Waals surface area contributed by atoms with Crippen molar-refractivity contribution in [2.24, 2.45) is 5.41 Å². The molecule has 1 saturated carbocycles. The maximum Gasteiger partial charge on any atom is 0.0223 e. The molecule has 0 spiro atoms. The summed E-state index contributed by atoms with van der Waals surface area (Å²) < 4.78 is 0. The van der Waals surface area contributed by atoms with Crippen LogP contribution in [-0.2, 0) is 0 Å². The fraction of sp³-hybridized carbons (Fsp3) is 1.00. The van der Waals surface area contributed by atoms with Crippen LogP contribution in [0.4, 0.5) is 0 Å². The molecule has 2 aliphatic heterocycles. The summed E-state index contributed by atoms with van der Waals surface area (Å²) in [4.78, 5) is 5.52. The minimum atomic E-state index is 0.466. The van der Waals surface area contributed by atoms with E-state index in [1.807, 2.05) is 0 Å². The van der Waals surface area contributed by atoms with E-state index in [0.717, 1.165) is 12.1 Å². The third kappa shape index (κ3) is 4.43. The largest absolute Gasteiger partial charge is 0.313 e. The Morgan fingerprint density at radius 2 is 1.95 bits per heavy atom. The first-order valence-corrected chi connectivity index (χ1v) is 9.38. The van der Waals surface area contributed by atoms with Gasteiger partial charge in [0.15, 0.2) is 0 Å². The van der Waals surface area contributed by atoms with Gasteiger partial charge in [-0.25, -0.2) is 0 Å². The quantitative estimate of drug-likeness (QED) is 0.778. The topological polar surface area (TPSA) is 18.5 Å². The van der Waals surface area contributed by atoms with Crippen LogP contribution in [0, 0.1) is 5.41 Å². The summed E-state index contributed by atoms with van der Waals surface area (Å²) >= 11 is 0. The number of hydrogen-bond donors (Lipinski definition) is 1. The van der Waals surface area contributed by atoms with Crippen molar-refractivity contribution in [3.63, 3.8) is 0 Å². The maximum atomic E-state index is 3.79. The van der Waals surface area contributed by atoms with E-state index in [4.69, 9.17) is 0 Å². The lowest BCUT2D eigenvalue weighted by atomic mass is 9.84. The van der Waals surface area contributed by atoms with E-state index in [-0.39, 0.29) is 0 Å². The molecule has 122 valence electrons. The predicted molar refractivity (Wildman–Crippen MR) is 89.7 cm³/mol. The highest BCUT2D eigenvalue weighted by Crippen LogP contribution is 2.29. The summed E-state index contributed by atoms with van der Waals surface area (Å²) in [6, 6.07) is 1.70. The van der Waals surface area contributed by atoms with Gasteiger partial charge < -0.3 is 5.32 Å². The second kappa shape index (κ2) is 6.97. The van der Waals surface area contributed by atoms with Crippen LogP contribution in [0.3, 0.4) is 0 Å². The molecule has 3 heteroatoms. The van der Waals surface area contributed by atoms with Crippen molar-refractivity contribution in [3.05, 3.63) is 0 Å². The molecule has 3 aliphatic rings. The first-order chi connectivity index (χ1) is 10.2. The average molecular weight is 293 g/mol. The van der Waals surface area contributed by atoms with Crippen LogP contribution < -0.4 is 5.32 Å². The summed E-state index contributed by atoms with van der Waals surface area (Å²) in [7, 11) is 0. The lowest BCUT2D eigenvalue weighted by Gasteiger charge is -2.46. The number of rotatable bonds is 7. The van der Waals surface area contributed by atoms with Crippen LogP contribution in [0.2, 0.25) is 0 Å². The fourth-order valence-electron chi connectivity index (χ4n) is 4.41. The Morgan fingerprint density at radius 1 is 1.10 bits per heavy atom. The number of piperazine rings is 1. The van der Waals surface area contributed by atoms with Gasteiger partial charge in [-0.15, -0.1) is 0 Å². The zero-order valence-electron chi connectivity index (χ0n) is 14.2. The highest BCUT2D eigenvalue weighted by Gasteiger charge is 2.34. The van der Waals surface area contributed by atoms with Crippen molar-refractivity contribution < 1.29 is 0 Å². The maximum absolute atomic E-state index is 3.79. The van der Waals surface area contributed by atoms with Crippen LogP contribution in [0.15, 0.2) is 0 Å². The number of fused-ring (bicyclic) bond motifs is 1. The summed E-state index contributed by atoms with van der Waals surface area (Å²) in [5.74, 6) is 0. The SMILES string of the molecule is CCCC(C)(CNC1CC1)CN1CCN2CCCCC2C1. The van der Waals surface area contributed by atoms with E-state index in [1.54, 1.807) is 0 Å². The summed E-state index contributed by atoms with van der Waals surface area (Å²) in [6.07, 6.45) is 9.79. The zero-order chi connectivity index (χ0) is 14.7. The molecule has 1 N–H and O–H groups in total. The number of hydrogen-bond acceptors (Lipinski definition) is 3. The lowest BCUT2D eigenvalue weighted by molar-refractivity contribution is 0.0267. The van der Waals surface area contributed by atoms with Gasteiger partial charge in [-0.3, -0.25) is 9.80 Å². The molecule has 2 atom stereocenters. The molecule has 2 saturated heterocycles. The van der Waals surface area contributed by atoms with Crippen molar-refractivity contribution in [3.8, 4) is 0 Å². The number of nitrogens with one attached hydrogen (secondary N) is 1. The van der Waals surface area contributed by atoms with Gasteiger partial charge in [0.25, 0.3) is 0 Å². The van der Waals surface area contributed by atoms with Crippen LogP contribution in [-0.4, -0.2) is 61.2 Å². The smallest absolute Gasteiger partial charge is 0.0223 e. The molecule has 0 bridgehead atoms. The van der Waals surface area contributed by atoms with Crippen LogP contribution in [0.5, 0.6) is 0 Å². The Bertz CT molecular complexity index is 328. The van der Waals surface area contributed by atoms with E-state index < -0.39 is 0 Å². The second-order valence-electron chi connectivity index (χ2n) is 8.14. The molecular weight excluding hydrogens is 258 g/mol. The first kappa shape index (κ1) is 15.8. The highest BCUT2D eigenvalue weighted by atomic mass is 15.3. The van der Waals surface area contributed by atoms with Gasteiger partial charge in [-0.1, -0.05) is 26.7 Å². The van der Waals surface area contributed by atoms with Gasteiger partial charge in [-0.05, 0) is 44.1 Å². The molecule has 21 heavy (non-hydrogen) atoms. The van der Waals surface area contributed by atoms with Crippen molar-refractivity contribution in [1.29, 1.82) is 0 Å². The third-order valence-electron chi connectivity index (χ3n) is 5.78. The van der Waals surface area contributed by atoms with Crippen molar-refractivity contribution >= 4 is 0 Å². The molecule has 0 radical (unpaired) electrons. The van der Waals surface area contributed by atoms with E-state index in [2.05, 4.69) is 29.0 Å². The highest BCUT2D eigenvalue weighted by molar-refractivity contribution is 4.90. The minimum absolute atomic E-state index is 0.466. The van der Waals surface area contributed by atoms with Crippen LogP contribution >= 0.6 is 0 Å². The van der Waals surface area contributed by atoms with E-state index >= 15 is 0 Å². The van der Waals surface area contributed by atoms with Crippen LogP contribution in [0.25, 0.3) is 0 Å². The Balaban J connectivity index is 1.51. The number of nitrogens with zero attached hydrogens (tertiary/aromatic N) is 2. The Morgan fingerprint density at radius 3 is 2.71 bits per heavy atom. The van der Waals surface area contributed by atoms with Gasteiger partial charge in [0.1, 0.15) is 0 Å². The van der Waals surface area contributed by atoms with Gasteiger partial charge >= 0.3 is 0 Å². The normalized spacial score (nSPS) is 30.9. The molecule has 0 aromatic rings. The molecule has 3 fully saturated rings. The Labute approximate surface area is 131 Å². The molecule has 1 aliphatic carbocycles. The fourth-order valence-corrected chi connectivity index (χ4v) is 4.41. The van der Waals surface area contributed by atoms with Crippen molar-refractivity contribution in [2.75, 3.05) is 39.3 Å². The molecule has 0 amide bonds. The third-order valence-corrected chi connectivity index (χ3v) is 5.78. The molecule has 0 aromatic heterocycles. The van der Waals surface area contributed by atoms with Crippen molar-refractivity contribution in [2.45, 2.75) is 70.9 Å². The first-order valence-electron chi connectivity index (χ1n) is 9.38. The zero-order valence-corrected chi connectivity index (χ0v) is 14.2. The molecule has 3 rings (SSSR count). The van der Waals surface area contributed by atoms with E-state index in [9.17, 15) is 0 Å². The standard InChI is InChI=1S/C18H35N3/c1-3-9-18(2,14-19-16-7-8-16)15-20-11-12-21-10-5-4-6-17(21)13-20/h16-17,19H,3-15H2,1-2H3. The van der Waals surface area contributed by atoms with E-state index in [1.165, 1.54) is 84.2 Å². The monoisotopic (exact) mass is 293 g/mol. The summed E-state index contributed by atoms with van der Waals surface area (Å²) in [6.45, 7) is 12.6. The molecule has 2 unspecified atom stereocenters. The van der Waals surface area contributed by atoms with Crippen molar-refractivity contribution in [1.82, 2.24) is 15.1 Å². The van der Waals surface area contributed by atoms with E-state index in [0.29, 0.717) is 5.41 Å². The predicted octanol–water partition coefficient (Wildman–Crippen LogP) is 2.71. The Hall–Kier alpha value is -0.120. The second-order valence-corrected chi connectivity index (χ2v) is 8.14. The minimum Gasteiger partial charge on any atom is -0.313 e.